The Morgan fingerprint density at radius 3 is 2.71 bits per heavy atom. The molecule has 0 saturated heterocycles. The zero-order valence-electron chi connectivity index (χ0n) is 7.90. The average molecular weight is 195 g/mol. The standard InChI is InChI=1S/C11H11F2N/c1-8-9(4-2-3-7-14)5-6-10(12)11(8)13/h5-6H,3,7,14H2,1H3. The molecule has 0 fully saturated rings. The lowest BCUT2D eigenvalue weighted by atomic mass is 10.1. The van der Waals surface area contributed by atoms with E-state index in [1.807, 2.05) is 0 Å². The molecule has 0 aromatic heterocycles. The third-order valence-electron chi connectivity index (χ3n) is 1.83. The summed E-state index contributed by atoms with van der Waals surface area (Å²) in [5.74, 6) is 3.85. The summed E-state index contributed by atoms with van der Waals surface area (Å²) in [5.41, 5.74) is 6.00. The van der Waals surface area contributed by atoms with Gasteiger partial charge in [-0.1, -0.05) is 11.8 Å². The molecule has 0 spiro atoms. The Balaban J connectivity index is 3.02. The van der Waals surface area contributed by atoms with Crippen LogP contribution in [-0.4, -0.2) is 6.54 Å². The van der Waals surface area contributed by atoms with E-state index in [4.69, 9.17) is 5.73 Å². The van der Waals surface area contributed by atoms with Crippen LogP contribution in [0.2, 0.25) is 0 Å². The Hall–Kier alpha value is -1.40. The minimum absolute atomic E-state index is 0.245. The van der Waals surface area contributed by atoms with Crippen LogP contribution in [0.5, 0.6) is 0 Å². The maximum Gasteiger partial charge on any atom is 0.162 e. The minimum Gasteiger partial charge on any atom is -0.330 e. The summed E-state index contributed by atoms with van der Waals surface area (Å²) >= 11 is 0. The molecule has 1 nitrogen and oxygen atoms in total. The van der Waals surface area contributed by atoms with Gasteiger partial charge in [-0.25, -0.2) is 8.78 Å². The highest BCUT2D eigenvalue weighted by atomic mass is 19.2. The van der Waals surface area contributed by atoms with Crippen molar-refractivity contribution in [2.45, 2.75) is 13.3 Å². The predicted octanol–water partition coefficient (Wildman–Crippen LogP) is 1.97. The van der Waals surface area contributed by atoms with Crippen molar-refractivity contribution < 1.29 is 8.78 Å². The molecule has 0 radical (unpaired) electrons. The fourth-order valence-electron chi connectivity index (χ4n) is 1.02. The van der Waals surface area contributed by atoms with E-state index >= 15 is 0 Å². The first-order valence-electron chi connectivity index (χ1n) is 4.30. The van der Waals surface area contributed by atoms with Crippen molar-refractivity contribution in [3.8, 4) is 11.8 Å². The summed E-state index contributed by atoms with van der Waals surface area (Å²) in [7, 11) is 0. The average Bonchev–Trinajstić information content (AvgIpc) is 2.18. The molecule has 0 saturated carbocycles. The first-order chi connectivity index (χ1) is 6.66. The highest BCUT2D eigenvalue weighted by Gasteiger charge is 2.07. The number of nitrogens with two attached hydrogens (primary N) is 1. The summed E-state index contributed by atoms with van der Waals surface area (Å²) in [6.07, 6.45) is 0.554. The van der Waals surface area contributed by atoms with E-state index in [1.54, 1.807) is 0 Å². The van der Waals surface area contributed by atoms with Gasteiger partial charge in [-0.3, -0.25) is 0 Å². The van der Waals surface area contributed by atoms with E-state index in [1.165, 1.54) is 13.0 Å². The largest absolute Gasteiger partial charge is 0.330 e. The number of halogens is 2. The monoisotopic (exact) mass is 195 g/mol. The molecular weight excluding hydrogens is 184 g/mol. The third-order valence-corrected chi connectivity index (χ3v) is 1.83. The van der Waals surface area contributed by atoms with Crippen LogP contribution in [0.4, 0.5) is 8.78 Å². The number of rotatable bonds is 1. The van der Waals surface area contributed by atoms with E-state index in [-0.39, 0.29) is 5.56 Å². The van der Waals surface area contributed by atoms with E-state index in [0.29, 0.717) is 18.5 Å². The van der Waals surface area contributed by atoms with Crippen LogP contribution in [-0.2, 0) is 0 Å². The SMILES string of the molecule is Cc1c(C#CCCN)ccc(F)c1F. The molecule has 0 bridgehead atoms. The van der Waals surface area contributed by atoms with Crippen LogP contribution in [0.15, 0.2) is 12.1 Å². The van der Waals surface area contributed by atoms with Crippen molar-refractivity contribution >= 4 is 0 Å². The van der Waals surface area contributed by atoms with Crippen LogP contribution < -0.4 is 5.73 Å². The topological polar surface area (TPSA) is 26.0 Å². The maximum atomic E-state index is 13.0. The lowest BCUT2D eigenvalue weighted by molar-refractivity contribution is 0.502. The van der Waals surface area contributed by atoms with Crippen LogP contribution in [0.25, 0.3) is 0 Å². The van der Waals surface area contributed by atoms with Crippen molar-refractivity contribution in [2.75, 3.05) is 6.54 Å². The van der Waals surface area contributed by atoms with Crippen LogP contribution >= 0.6 is 0 Å². The van der Waals surface area contributed by atoms with Gasteiger partial charge in [-0.05, 0) is 19.1 Å². The number of hydrogen-bond acceptors (Lipinski definition) is 1. The molecule has 1 aromatic rings. The van der Waals surface area contributed by atoms with Gasteiger partial charge in [-0.15, -0.1) is 0 Å². The van der Waals surface area contributed by atoms with E-state index in [9.17, 15) is 8.78 Å². The lowest BCUT2D eigenvalue weighted by Gasteiger charge is -2.00. The second-order valence-corrected chi connectivity index (χ2v) is 2.87. The van der Waals surface area contributed by atoms with E-state index in [0.717, 1.165) is 6.07 Å². The predicted molar refractivity (Wildman–Crippen MR) is 51.6 cm³/mol. The van der Waals surface area contributed by atoms with Crippen molar-refractivity contribution in [3.63, 3.8) is 0 Å². The first-order valence-corrected chi connectivity index (χ1v) is 4.30. The molecule has 14 heavy (non-hydrogen) atoms. The second kappa shape index (κ2) is 4.73. The van der Waals surface area contributed by atoms with Gasteiger partial charge in [-0.2, -0.15) is 0 Å². The Labute approximate surface area is 81.9 Å². The molecule has 1 rings (SSSR count). The first kappa shape index (κ1) is 10.7. The molecule has 1 aromatic carbocycles. The zero-order valence-corrected chi connectivity index (χ0v) is 7.90. The Bertz CT molecular complexity index is 388. The van der Waals surface area contributed by atoms with Crippen molar-refractivity contribution in [1.82, 2.24) is 0 Å². The summed E-state index contributed by atoms with van der Waals surface area (Å²) in [5, 5.41) is 0. The molecule has 0 amide bonds. The molecule has 0 unspecified atom stereocenters. The molecule has 2 N–H and O–H groups in total. The lowest BCUT2D eigenvalue weighted by Crippen LogP contribution is -1.96. The van der Waals surface area contributed by atoms with Gasteiger partial charge in [0.05, 0.1) is 0 Å². The Morgan fingerprint density at radius 1 is 1.36 bits per heavy atom. The van der Waals surface area contributed by atoms with Crippen molar-refractivity contribution in [1.29, 1.82) is 0 Å². The summed E-state index contributed by atoms with van der Waals surface area (Å²) in [6.45, 7) is 1.97. The highest BCUT2D eigenvalue weighted by molar-refractivity contribution is 5.41. The molecule has 0 aliphatic heterocycles. The van der Waals surface area contributed by atoms with Gasteiger partial charge in [0.2, 0.25) is 0 Å². The normalized spacial score (nSPS) is 9.43. The second-order valence-electron chi connectivity index (χ2n) is 2.87. The maximum absolute atomic E-state index is 13.0. The Morgan fingerprint density at radius 2 is 2.07 bits per heavy atom. The minimum atomic E-state index is -0.841. The van der Waals surface area contributed by atoms with Crippen LogP contribution in [0, 0.1) is 30.4 Å². The van der Waals surface area contributed by atoms with Gasteiger partial charge in [0.15, 0.2) is 11.6 Å². The fraction of sp³-hybridized carbons (Fsp3) is 0.273. The van der Waals surface area contributed by atoms with Gasteiger partial charge >= 0.3 is 0 Å². The smallest absolute Gasteiger partial charge is 0.162 e. The van der Waals surface area contributed by atoms with Gasteiger partial charge in [0.1, 0.15) is 0 Å². The highest BCUT2D eigenvalue weighted by Crippen LogP contribution is 2.14. The molecule has 0 aliphatic carbocycles. The molecular formula is C11H11F2N. The van der Waals surface area contributed by atoms with Crippen LogP contribution in [0.1, 0.15) is 17.5 Å². The summed E-state index contributed by atoms with van der Waals surface area (Å²) < 4.78 is 25.7. The molecule has 0 heterocycles. The molecule has 0 atom stereocenters. The van der Waals surface area contributed by atoms with E-state index < -0.39 is 11.6 Å². The van der Waals surface area contributed by atoms with Gasteiger partial charge in [0, 0.05) is 24.1 Å². The number of hydrogen-bond donors (Lipinski definition) is 1. The van der Waals surface area contributed by atoms with Gasteiger partial charge < -0.3 is 5.73 Å². The van der Waals surface area contributed by atoms with Gasteiger partial charge in [0.25, 0.3) is 0 Å². The fourth-order valence-corrected chi connectivity index (χ4v) is 1.02. The zero-order chi connectivity index (χ0) is 10.6. The Kier molecular flexibility index (Phi) is 3.61. The molecule has 0 aliphatic rings. The summed E-state index contributed by atoms with van der Waals surface area (Å²) in [4.78, 5) is 0. The third kappa shape index (κ3) is 2.30. The number of benzene rings is 1. The summed E-state index contributed by atoms with van der Waals surface area (Å²) in [6, 6.07) is 2.55. The molecule has 74 valence electrons. The quantitative estimate of drug-likeness (QED) is 0.681. The van der Waals surface area contributed by atoms with Crippen molar-refractivity contribution in [3.05, 3.63) is 34.9 Å². The van der Waals surface area contributed by atoms with E-state index in [2.05, 4.69) is 11.8 Å². The van der Waals surface area contributed by atoms with Crippen molar-refractivity contribution in [2.24, 2.45) is 5.73 Å². The molecule has 3 heteroatoms. The van der Waals surface area contributed by atoms with Crippen LogP contribution in [0.3, 0.4) is 0 Å².